The number of carbonyl (C=O) groups is 1. The molecule has 1 aromatic carbocycles. The number of ether oxygens (including phenoxy) is 1. The number of carbonyl (C=O) groups excluding carboxylic acids is 1. The van der Waals surface area contributed by atoms with E-state index in [4.69, 9.17) is 4.74 Å². The van der Waals surface area contributed by atoms with Crippen LogP contribution >= 0.6 is 0 Å². The fourth-order valence-electron chi connectivity index (χ4n) is 2.70. The van der Waals surface area contributed by atoms with E-state index >= 15 is 0 Å². The number of aryl methyl sites for hydroxylation is 3. The Morgan fingerprint density at radius 2 is 1.89 bits per heavy atom. The minimum Gasteiger partial charge on any atom is -0.484 e. The van der Waals surface area contributed by atoms with E-state index in [1.165, 1.54) is 0 Å². The zero-order valence-corrected chi connectivity index (χ0v) is 16.3. The summed E-state index contributed by atoms with van der Waals surface area (Å²) < 4.78 is 7.27. The molecule has 2 N–H and O–H groups in total. The van der Waals surface area contributed by atoms with Crippen molar-refractivity contribution in [3.63, 3.8) is 0 Å². The van der Waals surface area contributed by atoms with E-state index in [1.54, 1.807) is 4.68 Å². The molecule has 146 valence electrons. The molecule has 0 saturated carbocycles. The summed E-state index contributed by atoms with van der Waals surface area (Å²) in [4.78, 5) is 11.9. The molecule has 8 nitrogen and oxygen atoms in total. The first-order chi connectivity index (χ1) is 13.5. The summed E-state index contributed by atoms with van der Waals surface area (Å²) in [6.07, 6.45) is 0. The van der Waals surface area contributed by atoms with Crippen LogP contribution < -0.4 is 15.4 Å². The first-order valence-corrected chi connectivity index (χ1v) is 9.09. The van der Waals surface area contributed by atoms with Gasteiger partial charge in [0, 0.05) is 18.8 Å². The maximum atomic E-state index is 11.9. The van der Waals surface area contributed by atoms with E-state index in [0.29, 0.717) is 30.5 Å². The van der Waals surface area contributed by atoms with Gasteiger partial charge in [0.1, 0.15) is 11.6 Å². The quantitative estimate of drug-likeness (QED) is 0.582. The van der Waals surface area contributed by atoms with Crippen molar-refractivity contribution < 1.29 is 9.53 Å². The molecule has 0 radical (unpaired) electrons. The molecule has 0 bridgehead atoms. The van der Waals surface area contributed by atoms with Gasteiger partial charge < -0.3 is 15.4 Å². The smallest absolute Gasteiger partial charge is 0.258 e. The molecule has 1 amide bonds. The summed E-state index contributed by atoms with van der Waals surface area (Å²) in [6.45, 7) is 6.83. The van der Waals surface area contributed by atoms with Gasteiger partial charge in [0.2, 0.25) is 0 Å². The molecule has 2 heterocycles. The van der Waals surface area contributed by atoms with Crippen molar-refractivity contribution in [2.24, 2.45) is 0 Å². The fourth-order valence-corrected chi connectivity index (χ4v) is 2.70. The Balaban J connectivity index is 1.40. The van der Waals surface area contributed by atoms with Gasteiger partial charge in [-0.2, -0.15) is 5.10 Å². The van der Waals surface area contributed by atoms with Crippen LogP contribution in [0.25, 0.3) is 5.82 Å². The van der Waals surface area contributed by atoms with E-state index in [2.05, 4.69) is 25.9 Å². The van der Waals surface area contributed by atoms with Gasteiger partial charge >= 0.3 is 0 Å². The van der Waals surface area contributed by atoms with Crippen molar-refractivity contribution in [1.82, 2.24) is 25.3 Å². The Labute approximate surface area is 163 Å². The summed E-state index contributed by atoms with van der Waals surface area (Å²) in [6, 6.07) is 13.3. The van der Waals surface area contributed by atoms with Gasteiger partial charge in [0.15, 0.2) is 12.4 Å². The van der Waals surface area contributed by atoms with Crippen LogP contribution in [0, 0.1) is 20.8 Å². The number of nitrogens with zero attached hydrogens (tertiary/aromatic N) is 4. The van der Waals surface area contributed by atoms with Gasteiger partial charge in [-0.25, -0.2) is 4.68 Å². The summed E-state index contributed by atoms with van der Waals surface area (Å²) in [5.41, 5.74) is 2.94. The molecule has 0 fully saturated rings. The van der Waals surface area contributed by atoms with Crippen molar-refractivity contribution >= 4 is 11.7 Å². The zero-order valence-electron chi connectivity index (χ0n) is 16.3. The molecule has 8 heteroatoms. The summed E-state index contributed by atoms with van der Waals surface area (Å²) >= 11 is 0. The lowest BCUT2D eigenvalue weighted by molar-refractivity contribution is -0.123. The Bertz CT molecular complexity index is 936. The van der Waals surface area contributed by atoms with Crippen LogP contribution in [0.15, 0.2) is 42.5 Å². The number of benzene rings is 1. The maximum absolute atomic E-state index is 11.9. The predicted octanol–water partition coefficient (Wildman–Crippen LogP) is 2.19. The van der Waals surface area contributed by atoms with Crippen LogP contribution in [-0.2, 0) is 4.79 Å². The molecule has 0 unspecified atom stereocenters. The lowest BCUT2D eigenvalue weighted by atomic mass is 10.2. The van der Waals surface area contributed by atoms with Crippen molar-refractivity contribution in [2.45, 2.75) is 20.8 Å². The number of rotatable bonds is 8. The van der Waals surface area contributed by atoms with Crippen LogP contribution in [0.5, 0.6) is 5.75 Å². The third kappa shape index (κ3) is 5.06. The number of amides is 1. The molecule has 0 saturated heterocycles. The monoisotopic (exact) mass is 380 g/mol. The normalized spacial score (nSPS) is 10.5. The summed E-state index contributed by atoms with van der Waals surface area (Å²) in [5, 5.41) is 18.6. The molecule has 0 spiro atoms. The van der Waals surface area contributed by atoms with Crippen LogP contribution in [-0.4, -0.2) is 45.6 Å². The minimum atomic E-state index is -0.170. The van der Waals surface area contributed by atoms with E-state index in [9.17, 15) is 4.79 Å². The van der Waals surface area contributed by atoms with Gasteiger partial charge in [-0.05, 0) is 50.6 Å². The third-order valence-electron chi connectivity index (χ3n) is 4.08. The molecule has 2 aromatic heterocycles. The Kier molecular flexibility index (Phi) is 6.21. The van der Waals surface area contributed by atoms with Crippen LogP contribution in [0.3, 0.4) is 0 Å². The van der Waals surface area contributed by atoms with E-state index in [1.807, 2.05) is 63.2 Å². The van der Waals surface area contributed by atoms with Gasteiger partial charge in [-0.15, -0.1) is 10.2 Å². The van der Waals surface area contributed by atoms with Crippen molar-refractivity contribution in [3.8, 4) is 11.6 Å². The van der Waals surface area contributed by atoms with Crippen LogP contribution in [0.4, 0.5) is 5.82 Å². The fraction of sp³-hybridized carbons (Fsp3) is 0.300. The van der Waals surface area contributed by atoms with Gasteiger partial charge in [-0.1, -0.05) is 18.2 Å². The molecule has 0 atom stereocenters. The first kappa shape index (κ1) is 19.3. The first-order valence-electron chi connectivity index (χ1n) is 9.09. The lowest BCUT2D eigenvalue weighted by Gasteiger charge is -2.10. The average molecular weight is 380 g/mol. The van der Waals surface area contributed by atoms with Crippen molar-refractivity contribution in [3.05, 3.63) is 59.4 Å². The highest BCUT2D eigenvalue weighted by atomic mass is 16.5. The average Bonchev–Trinajstić information content (AvgIpc) is 3.03. The maximum Gasteiger partial charge on any atom is 0.258 e. The van der Waals surface area contributed by atoms with Crippen molar-refractivity contribution in [1.29, 1.82) is 0 Å². The molecular weight excluding hydrogens is 356 g/mol. The molecule has 3 rings (SSSR count). The second kappa shape index (κ2) is 8.98. The Morgan fingerprint density at radius 1 is 1.07 bits per heavy atom. The molecule has 0 aliphatic rings. The van der Waals surface area contributed by atoms with E-state index in [0.717, 1.165) is 17.0 Å². The number of hydrogen-bond donors (Lipinski definition) is 2. The lowest BCUT2D eigenvalue weighted by Crippen LogP contribution is -2.32. The summed E-state index contributed by atoms with van der Waals surface area (Å²) in [5.74, 6) is 1.85. The molecule has 3 aromatic rings. The largest absolute Gasteiger partial charge is 0.484 e. The second-order valence-electron chi connectivity index (χ2n) is 6.45. The highest BCUT2D eigenvalue weighted by Crippen LogP contribution is 2.15. The number of anilines is 1. The highest BCUT2D eigenvalue weighted by molar-refractivity contribution is 5.77. The molecule has 0 aliphatic heterocycles. The topological polar surface area (TPSA) is 94.0 Å². The SMILES string of the molecule is Cc1cc(C)n(-c2ccc(NCCNC(=O)COc3ccccc3C)nn2)n1. The zero-order chi connectivity index (χ0) is 19.9. The van der Waals surface area contributed by atoms with Gasteiger partial charge in [0.05, 0.1) is 5.69 Å². The summed E-state index contributed by atoms with van der Waals surface area (Å²) in [7, 11) is 0. The van der Waals surface area contributed by atoms with Crippen LogP contribution in [0.2, 0.25) is 0 Å². The number of hydrogen-bond acceptors (Lipinski definition) is 6. The highest BCUT2D eigenvalue weighted by Gasteiger charge is 2.06. The van der Waals surface area contributed by atoms with Gasteiger partial charge in [-0.3, -0.25) is 4.79 Å². The van der Waals surface area contributed by atoms with Crippen molar-refractivity contribution in [2.75, 3.05) is 25.0 Å². The van der Waals surface area contributed by atoms with E-state index in [-0.39, 0.29) is 12.5 Å². The Morgan fingerprint density at radius 3 is 2.57 bits per heavy atom. The van der Waals surface area contributed by atoms with Gasteiger partial charge in [0.25, 0.3) is 5.91 Å². The number of nitrogens with one attached hydrogen (secondary N) is 2. The number of aromatic nitrogens is 4. The molecule has 28 heavy (non-hydrogen) atoms. The molecular formula is C20H24N6O2. The minimum absolute atomic E-state index is 0.0119. The molecule has 0 aliphatic carbocycles. The predicted molar refractivity (Wildman–Crippen MR) is 107 cm³/mol. The third-order valence-corrected chi connectivity index (χ3v) is 4.08. The second-order valence-corrected chi connectivity index (χ2v) is 6.45. The Hall–Kier alpha value is -3.42. The standard InChI is InChI=1S/C20H24N6O2/c1-14-6-4-5-7-17(14)28-13-20(27)22-11-10-21-18-8-9-19(24-23-18)26-16(3)12-15(2)25-26/h4-9,12H,10-11,13H2,1-3H3,(H,21,23)(H,22,27). The van der Waals surface area contributed by atoms with E-state index < -0.39 is 0 Å². The number of para-hydroxylation sites is 1. The van der Waals surface area contributed by atoms with Crippen LogP contribution in [0.1, 0.15) is 17.0 Å².